The van der Waals surface area contributed by atoms with Gasteiger partial charge in [-0.1, -0.05) is 6.07 Å². The molecule has 1 saturated carbocycles. The lowest BCUT2D eigenvalue weighted by Crippen LogP contribution is -2.45. The van der Waals surface area contributed by atoms with Crippen molar-refractivity contribution < 1.29 is 4.74 Å². The van der Waals surface area contributed by atoms with Crippen molar-refractivity contribution in [1.29, 1.82) is 0 Å². The van der Waals surface area contributed by atoms with E-state index in [2.05, 4.69) is 37.4 Å². The maximum Gasteiger partial charge on any atom is 0.120 e. The first-order valence-electron chi connectivity index (χ1n) is 5.60. The van der Waals surface area contributed by atoms with Crippen molar-refractivity contribution in [3.8, 4) is 5.75 Å². The van der Waals surface area contributed by atoms with Crippen molar-refractivity contribution in [2.75, 3.05) is 7.05 Å². The fourth-order valence-corrected chi connectivity index (χ4v) is 1.88. The van der Waals surface area contributed by atoms with E-state index in [9.17, 15) is 0 Å². The van der Waals surface area contributed by atoms with E-state index in [1.165, 1.54) is 11.1 Å². The average molecular weight is 205 g/mol. The van der Waals surface area contributed by atoms with Crippen LogP contribution in [0.4, 0.5) is 0 Å². The third-order valence-corrected chi connectivity index (χ3v) is 3.28. The van der Waals surface area contributed by atoms with E-state index in [1.54, 1.807) is 0 Å². The Morgan fingerprint density at radius 2 is 1.93 bits per heavy atom. The summed E-state index contributed by atoms with van der Waals surface area (Å²) in [5.74, 6) is 1.01. The highest BCUT2D eigenvalue weighted by molar-refractivity contribution is 5.34. The summed E-state index contributed by atoms with van der Waals surface area (Å²) in [6, 6.07) is 6.97. The SMILES string of the molecule is CNC1CC(Oc2ccc(C)c(C)c2)C1. The summed E-state index contributed by atoms with van der Waals surface area (Å²) in [6.07, 6.45) is 2.66. The fourth-order valence-electron chi connectivity index (χ4n) is 1.88. The number of ether oxygens (including phenoxy) is 1. The molecule has 0 unspecified atom stereocenters. The van der Waals surface area contributed by atoms with Gasteiger partial charge in [0.05, 0.1) is 0 Å². The number of benzene rings is 1. The molecular formula is C13H19NO. The summed E-state index contributed by atoms with van der Waals surface area (Å²) in [5, 5.41) is 3.26. The van der Waals surface area contributed by atoms with Gasteiger partial charge in [-0.25, -0.2) is 0 Å². The molecule has 1 aromatic rings. The molecule has 2 heteroatoms. The molecule has 2 nitrogen and oxygen atoms in total. The van der Waals surface area contributed by atoms with Crippen LogP contribution in [0, 0.1) is 13.8 Å². The highest BCUT2D eigenvalue weighted by atomic mass is 16.5. The van der Waals surface area contributed by atoms with E-state index in [1.807, 2.05) is 7.05 Å². The number of nitrogens with one attached hydrogen (secondary N) is 1. The van der Waals surface area contributed by atoms with Gasteiger partial charge in [0, 0.05) is 6.04 Å². The van der Waals surface area contributed by atoms with Crippen molar-refractivity contribution in [2.45, 2.75) is 38.8 Å². The summed E-state index contributed by atoms with van der Waals surface area (Å²) in [7, 11) is 2.01. The van der Waals surface area contributed by atoms with Crippen molar-refractivity contribution >= 4 is 0 Å². The van der Waals surface area contributed by atoms with Crippen molar-refractivity contribution in [1.82, 2.24) is 5.32 Å². The predicted molar refractivity (Wildman–Crippen MR) is 62.4 cm³/mol. The standard InChI is InChI=1S/C13H19NO/c1-9-4-5-12(6-10(9)2)15-13-7-11(8-13)14-3/h4-6,11,13-14H,7-8H2,1-3H3. The third-order valence-electron chi connectivity index (χ3n) is 3.28. The molecule has 0 atom stereocenters. The molecule has 0 aliphatic heterocycles. The van der Waals surface area contributed by atoms with Crippen LogP contribution in [-0.2, 0) is 0 Å². The predicted octanol–water partition coefficient (Wildman–Crippen LogP) is 2.43. The van der Waals surface area contributed by atoms with Crippen LogP contribution in [0.5, 0.6) is 5.75 Å². The van der Waals surface area contributed by atoms with Crippen LogP contribution in [0.2, 0.25) is 0 Å². The van der Waals surface area contributed by atoms with E-state index in [-0.39, 0.29) is 0 Å². The topological polar surface area (TPSA) is 21.3 Å². The summed E-state index contributed by atoms with van der Waals surface area (Å²) in [4.78, 5) is 0. The molecule has 0 amide bonds. The highest BCUT2D eigenvalue weighted by Gasteiger charge is 2.29. The Morgan fingerprint density at radius 3 is 2.53 bits per heavy atom. The van der Waals surface area contributed by atoms with Crippen molar-refractivity contribution in [2.24, 2.45) is 0 Å². The smallest absolute Gasteiger partial charge is 0.120 e. The minimum absolute atomic E-state index is 0.407. The zero-order valence-electron chi connectivity index (χ0n) is 9.71. The first kappa shape index (κ1) is 10.5. The Labute approximate surface area is 91.6 Å². The lowest BCUT2D eigenvalue weighted by molar-refractivity contribution is 0.0884. The zero-order chi connectivity index (χ0) is 10.8. The van der Waals surface area contributed by atoms with Crippen LogP contribution in [0.15, 0.2) is 18.2 Å². The van der Waals surface area contributed by atoms with E-state index in [0.717, 1.165) is 18.6 Å². The molecule has 0 bridgehead atoms. The Hall–Kier alpha value is -1.02. The molecule has 1 aliphatic carbocycles. The van der Waals surface area contributed by atoms with Crippen LogP contribution >= 0.6 is 0 Å². The van der Waals surface area contributed by atoms with Gasteiger partial charge in [-0.2, -0.15) is 0 Å². The summed E-state index contributed by atoms with van der Waals surface area (Å²) in [5.41, 5.74) is 2.63. The molecule has 1 fully saturated rings. The van der Waals surface area contributed by atoms with Crippen molar-refractivity contribution in [3.63, 3.8) is 0 Å². The average Bonchev–Trinajstić information content (AvgIpc) is 2.16. The third kappa shape index (κ3) is 2.32. The minimum Gasteiger partial charge on any atom is -0.490 e. The van der Waals surface area contributed by atoms with Gasteiger partial charge in [0.25, 0.3) is 0 Å². The summed E-state index contributed by atoms with van der Waals surface area (Å²) >= 11 is 0. The van der Waals surface area contributed by atoms with E-state index in [0.29, 0.717) is 12.1 Å². The van der Waals surface area contributed by atoms with Crippen LogP contribution in [0.1, 0.15) is 24.0 Å². The molecule has 82 valence electrons. The number of rotatable bonds is 3. The Balaban J connectivity index is 1.92. The largest absolute Gasteiger partial charge is 0.490 e. The monoisotopic (exact) mass is 205 g/mol. The van der Waals surface area contributed by atoms with Crippen LogP contribution in [-0.4, -0.2) is 19.2 Å². The fraction of sp³-hybridized carbons (Fsp3) is 0.538. The van der Waals surface area contributed by atoms with Gasteiger partial charge in [-0.05, 0) is 57.0 Å². The van der Waals surface area contributed by atoms with Gasteiger partial charge < -0.3 is 10.1 Å². The van der Waals surface area contributed by atoms with Gasteiger partial charge >= 0.3 is 0 Å². The molecule has 0 radical (unpaired) electrons. The first-order chi connectivity index (χ1) is 7.19. The number of aryl methyl sites for hydroxylation is 2. The molecule has 1 aliphatic rings. The van der Waals surface area contributed by atoms with Crippen LogP contribution in [0.25, 0.3) is 0 Å². The van der Waals surface area contributed by atoms with Crippen LogP contribution in [0.3, 0.4) is 0 Å². The molecule has 15 heavy (non-hydrogen) atoms. The second-order valence-electron chi connectivity index (χ2n) is 4.44. The molecule has 1 N–H and O–H groups in total. The Kier molecular flexibility index (Phi) is 2.96. The minimum atomic E-state index is 0.407. The molecule has 0 saturated heterocycles. The normalized spacial score (nSPS) is 24.7. The maximum atomic E-state index is 5.88. The second-order valence-corrected chi connectivity index (χ2v) is 4.44. The summed E-state index contributed by atoms with van der Waals surface area (Å²) < 4.78 is 5.88. The van der Waals surface area contributed by atoms with E-state index >= 15 is 0 Å². The molecule has 2 rings (SSSR count). The second kappa shape index (κ2) is 4.23. The van der Waals surface area contributed by atoms with Crippen molar-refractivity contribution in [3.05, 3.63) is 29.3 Å². The zero-order valence-corrected chi connectivity index (χ0v) is 9.71. The molecular weight excluding hydrogens is 186 g/mol. The Bertz CT molecular complexity index is 342. The lowest BCUT2D eigenvalue weighted by Gasteiger charge is -2.35. The first-order valence-corrected chi connectivity index (χ1v) is 5.60. The molecule has 0 aromatic heterocycles. The summed E-state index contributed by atoms with van der Waals surface area (Å²) in [6.45, 7) is 4.25. The lowest BCUT2D eigenvalue weighted by atomic mass is 9.89. The Morgan fingerprint density at radius 1 is 1.20 bits per heavy atom. The molecule has 1 aromatic carbocycles. The van der Waals surface area contributed by atoms with Gasteiger partial charge in [0.1, 0.15) is 11.9 Å². The van der Waals surface area contributed by atoms with Crippen LogP contribution < -0.4 is 10.1 Å². The number of hydrogen-bond acceptors (Lipinski definition) is 2. The quantitative estimate of drug-likeness (QED) is 0.818. The van der Waals surface area contributed by atoms with E-state index < -0.39 is 0 Å². The van der Waals surface area contributed by atoms with E-state index in [4.69, 9.17) is 4.74 Å². The highest BCUT2D eigenvalue weighted by Crippen LogP contribution is 2.26. The van der Waals surface area contributed by atoms with Gasteiger partial charge in [0.2, 0.25) is 0 Å². The van der Waals surface area contributed by atoms with Gasteiger partial charge in [-0.3, -0.25) is 0 Å². The maximum absolute atomic E-state index is 5.88. The van der Waals surface area contributed by atoms with Gasteiger partial charge in [0.15, 0.2) is 0 Å². The number of hydrogen-bond donors (Lipinski definition) is 1. The molecule has 0 spiro atoms. The van der Waals surface area contributed by atoms with Gasteiger partial charge in [-0.15, -0.1) is 0 Å². The molecule has 0 heterocycles.